The second-order valence-corrected chi connectivity index (χ2v) is 7.19. The van der Waals surface area contributed by atoms with Gasteiger partial charge in [0, 0.05) is 0 Å². The number of hydrogen-bond acceptors (Lipinski definition) is 3. The molecule has 0 amide bonds. The molecule has 1 aliphatic rings. The van der Waals surface area contributed by atoms with Gasteiger partial charge in [0.1, 0.15) is 6.61 Å². The van der Waals surface area contributed by atoms with Crippen LogP contribution in [0.1, 0.15) is 54.4 Å². The molecule has 0 radical (unpaired) electrons. The van der Waals surface area contributed by atoms with Crippen molar-refractivity contribution in [3.8, 4) is 0 Å². The van der Waals surface area contributed by atoms with Gasteiger partial charge in [0.15, 0.2) is 0 Å². The first-order valence-corrected chi connectivity index (χ1v) is 7.13. The molecule has 0 aliphatic heterocycles. The summed E-state index contributed by atoms with van der Waals surface area (Å²) in [5, 5.41) is 0. The Morgan fingerprint density at radius 2 is 1.84 bits per heavy atom. The third-order valence-corrected chi connectivity index (χ3v) is 2.84. The molecule has 19 heavy (non-hydrogen) atoms. The molecule has 1 saturated carbocycles. The zero-order valence-electron chi connectivity index (χ0n) is 13.2. The highest BCUT2D eigenvalue weighted by Crippen LogP contribution is 2.30. The van der Waals surface area contributed by atoms with Gasteiger partial charge in [0.05, 0.1) is 17.6 Å². The molecule has 3 heteroatoms. The summed E-state index contributed by atoms with van der Waals surface area (Å²) in [5.41, 5.74) is -0.299. The summed E-state index contributed by atoms with van der Waals surface area (Å²) < 4.78 is 11.2. The van der Waals surface area contributed by atoms with E-state index < -0.39 is 5.60 Å². The smallest absolute Gasteiger partial charge is 0.309 e. The van der Waals surface area contributed by atoms with Crippen LogP contribution >= 0.6 is 0 Å². The Bertz CT molecular complexity index is 332. The third kappa shape index (κ3) is 7.36. The summed E-state index contributed by atoms with van der Waals surface area (Å²) in [6, 6.07) is 0. The average molecular weight is 268 g/mol. The summed E-state index contributed by atoms with van der Waals surface area (Å²) >= 11 is 0. The van der Waals surface area contributed by atoms with Gasteiger partial charge in [-0.15, -0.1) is 0 Å². The minimum atomic E-state index is -0.452. The van der Waals surface area contributed by atoms with E-state index in [-0.39, 0.29) is 23.4 Å². The molecule has 0 aromatic heterocycles. The first kappa shape index (κ1) is 16.2. The van der Waals surface area contributed by atoms with E-state index in [2.05, 4.69) is 32.9 Å². The van der Waals surface area contributed by atoms with Gasteiger partial charge in [-0.2, -0.15) is 0 Å². The molecule has 1 fully saturated rings. The third-order valence-electron chi connectivity index (χ3n) is 2.84. The summed E-state index contributed by atoms with van der Waals surface area (Å²) in [6.45, 7) is 12.7. The van der Waals surface area contributed by atoms with Gasteiger partial charge < -0.3 is 9.47 Å². The fourth-order valence-corrected chi connectivity index (χ4v) is 1.68. The lowest BCUT2D eigenvalue weighted by Crippen LogP contribution is -2.35. The largest absolute Gasteiger partial charge is 0.462 e. The lowest BCUT2D eigenvalue weighted by Gasteiger charge is -2.28. The standard InChI is InChI=1S/C16H28O3/c1-12(9-10-15(2,3)4)19-16(5,6)11-18-14(17)13-7-8-13/h9-10,12-13H,7-8,11H2,1-6H3. The number of carbonyl (C=O) groups excluding carboxylic acids is 1. The van der Waals surface area contributed by atoms with Crippen LogP contribution in [0.4, 0.5) is 0 Å². The Balaban J connectivity index is 2.35. The van der Waals surface area contributed by atoms with E-state index in [1.54, 1.807) is 0 Å². The predicted octanol–water partition coefficient (Wildman–Crippen LogP) is 3.73. The molecule has 3 nitrogen and oxygen atoms in total. The van der Waals surface area contributed by atoms with Crippen LogP contribution in [0, 0.1) is 11.3 Å². The van der Waals surface area contributed by atoms with Gasteiger partial charge in [0.25, 0.3) is 0 Å². The maximum Gasteiger partial charge on any atom is 0.309 e. The Labute approximate surface area is 117 Å². The van der Waals surface area contributed by atoms with E-state index in [0.717, 1.165) is 12.8 Å². The van der Waals surface area contributed by atoms with Crippen LogP contribution in [0.15, 0.2) is 12.2 Å². The summed E-state index contributed by atoms with van der Waals surface area (Å²) in [4.78, 5) is 11.5. The molecular weight excluding hydrogens is 240 g/mol. The average Bonchev–Trinajstić information content (AvgIpc) is 3.05. The van der Waals surface area contributed by atoms with Crippen LogP contribution in [0.5, 0.6) is 0 Å². The van der Waals surface area contributed by atoms with Crippen molar-refractivity contribution in [1.29, 1.82) is 0 Å². The summed E-state index contributed by atoms with van der Waals surface area (Å²) in [5.74, 6) is 0.0728. The van der Waals surface area contributed by atoms with Gasteiger partial charge >= 0.3 is 5.97 Å². The second-order valence-electron chi connectivity index (χ2n) is 7.19. The van der Waals surface area contributed by atoms with Crippen molar-refractivity contribution in [3.63, 3.8) is 0 Å². The van der Waals surface area contributed by atoms with Gasteiger partial charge in [-0.05, 0) is 39.0 Å². The zero-order valence-corrected chi connectivity index (χ0v) is 13.2. The number of ether oxygens (including phenoxy) is 2. The Kier molecular flexibility index (Phi) is 5.19. The Hall–Kier alpha value is -0.830. The topological polar surface area (TPSA) is 35.5 Å². The molecule has 0 aromatic carbocycles. The van der Waals surface area contributed by atoms with Gasteiger partial charge in [-0.25, -0.2) is 0 Å². The second kappa shape index (κ2) is 6.08. The fourth-order valence-electron chi connectivity index (χ4n) is 1.68. The number of carbonyl (C=O) groups is 1. The van der Waals surface area contributed by atoms with Crippen LogP contribution in [-0.4, -0.2) is 24.3 Å². The molecule has 0 N–H and O–H groups in total. The van der Waals surface area contributed by atoms with E-state index in [9.17, 15) is 4.79 Å². The fraction of sp³-hybridized carbons (Fsp3) is 0.812. The van der Waals surface area contributed by atoms with Crippen LogP contribution in [0.2, 0.25) is 0 Å². The molecule has 1 atom stereocenters. The van der Waals surface area contributed by atoms with E-state index in [4.69, 9.17) is 9.47 Å². The van der Waals surface area contributed by atoms with Crippen LogP contribution in [0.3, 0.4) is 0 Å². The van der Waals surface area contributed by atoms with Crippen molar-refractivity contribution < 1.29 is 14.3 Å². The minimum absolute atomic E-state index is 0.00820. The van der Waals surface area contributed by atoms with Gasteiger partial charge in [-0.1, -0.05) is 32.9 Å². The molecule has 0 aromatic rings. The molecule has 0 saturated heterocycles. The summed E-state index contributed by atoms with van der Waals surface area (Å²) in [6.07, 6.45) is 6.17. The first-order valence-electron chi connectivity index (χ1n) is 7.13. The first-order chi connectivity index (χ1) is 8.59. The van der Waals surface area contributed by atoms with Crippen molar-refractivity contribution in [3.05, 3.63) is 12.2 Å². The van der Waals surface area contributed by atoms with Crippen molar-refractivity contribution >= 4 is 5.97 Å². The lowest BCUT2D eigenvalue weighted by atomic mass is 9.96. The van der Waals surface area contributed by atoms with Gasteiger partial charge in [0.2, 0.25) is 0 Å². The number of rotatable bonds is 6. The highest BCUT2D eigenvalue weighted by Gasteiger charge is 2.33. The quantitative estimate of drug-likeness (QED) is 0.544. The zero-order chi connectivity index (χ0) is 14.7. The Morgan fingerprint density at radius 1 is 1.26 bits per heavy atom. The maximum atomic E-state index is 11.5. The van der Waals surface area contributed by atoms with Crippen molar-refractivity contribution in [2.24, 2.45) is 11.3 Å². The van der Waals surface area contributed by atoms with E-state index in [1.165, 1.54) is 0 Å². The monoisotopic (exact) mass is 268 g/mol. The number of allylic oxidation sites excluding steroid dienone is 1. The molecule has 0 heterocycles. The van der Waals surface area contributed by atoms with Crippen molar-refractivity contribution in [2.45, 2.75) is 66.1 Å². The molecule has 1 rings (SSSR count). The molecule has 1 aliphatic carbocycles. The lowest BCUT2D eigenvalue weighted by molar-refractivity contribution is -0.156. The number of esters is 1. The summed E-state index contributed by atoms with van der Waals surface area (Å²) in [7, 11) is 0. The van der Waals surface area contributed by atoms with Crippen molar-refractivity contribution in [1.82, 2.24) is 0 Å². The van der Waals surface area contributed by atoms with Gasteiger partial charge in [-0.3, -0.25) is 4.79 Å². The van der Waals surface area contributed by atoms with Crippen LogP contribution < -0.4 is 0 Å². The predicted molar refractivity (Wildman–Crippen MR) is 76.9 cm³/mol. The highest BCUT2D eigenvalue weighted by molar-refractivity contribution is 5.74. The normalized spacial score (nSPS) is 18.6. The minimum Gasteiger partial charge on any atom is -0.462 e. The Morgan fingerprint density at radius 3 is 2.32 bits per heavy atom. The SMILES string of the molecule is CC(C=CC(C)(C)C)OC(C)(C)COC(=O)C1CC1. The van der Waals surface area contributed by atoms with Crippen molar-refractivity contribution in [2.75, 3.05) is 6.61 Å². The molecule has 1 unspecified atom stereocenters. The van der Waals surface area contributed by atoms with E-state index >= 15 is 0 Å². The molecule has 0 bridgehead atoms. The number of hydrogen-bond donors (Lipinski definition) is 0. The molecule has 110 valence electrons. The highest BCUT2D eigenvalue weighted by atomic mass is 16.6. The van der Waals surface area contributed by atoms with E-state index in [0.29, 0.717) is 6.61 Å². The van der Waals surface area contributed by atoms with Crippen LogP contribution in [-0.2, 0) is 14.3 Å². The maximum absolute atomic E-state index is 11.5. The van der Waals surface area contributed by atoms with E-state index in [1.807, 2.05) is 20.8 Å². The molecule has 0 spiro atoms. The molecular formula is C16H28O3. The van der Waals surface area contributed by atoms with Crippen LogP contribution in [0.25, 0.3) is 0 Å².